The van der Waals surface area contributed by atoms with Crippen LogP contribution < -0.4 is 5.32 Å². The third-order valence-corrected chi connectivity index (χ3v) is 3.72. The van der Waals surface area contributed by atoms with Crippen molar-refractivity contribution in [1.82, 2.24) is 10.3 Å². The molecule has 1 aliphatic rings. The summed E-state index contributed by atoms with van der Waals surface area (Å²) in [6.07, 6.45) is 4.50. The molecule has 1 aromatic carbocycles. The minimum atomic E-state index is 0.760. The van der Waals surface area contributed by atoms with Crippen molar-refractivity contribution >= 4 is 22.5 Å². The normalized spacial score (nSPS) is 20.7. The zero-order valence-electron chi connectivity index (χ0n) is 9.09. The highest BCUT2D eigenvalue weighted by Crippen LogP contribution is 2.29. The summed E-state index contributed by atoms with van der Waals surface area (Å²) in [6, 6.07) is 6.04. The van der Waals surface area contributed by atoms with E-state index in [1.165, 1.54) is 17.4 Å². The van der Waals surface area contributed by atoms with Crippen LogP contribution in [0.25, 0.3) is 10.9 Å². The number of nitrogens with one attached hydrogen (secondary N) is 2. The summed E-state index contributed by atoms with van der Waals surface area (Å²) in [5, 5.41) is 5.47. The van der Waals surface area contributed by atoms with E-state index in [1.54, 1.807) is 0 Å². The van der Waals surface area contributed by atoms with Gasteiger partial charge in [-0.15, -0.1) is 0 Å². The molecule has 3 heteroatoms. The van der Waals surface area contributed by atoms with Crippen LogP contribution in [0.2, 0.25) is 5.02 Å². The summed E-state index contributed by atoms with van der Waals surface area (Å²) in [4.78, 5) is 3.30. The molecule has 16 heavy (non-hydrogen) atoms. The number of benzene rings is 1. The van der Waals surface area contributed by atoms with Crippen molar-refractivity contribution in [2.24, 2.45) is 5.92 Å². The lowest BCUT2D eigenvalue weighted by molar-refractivity contribution is 0.582. The van der Waals surface area contributed by atoms with E-state index >= 15 is 0 Å². The van der Waals surface area contributed by atoms with Gasteiger partial charge in [-0.1, -0.05) is 17.7 Å². The van der Waals surface area contributed by atoms with Crippen molar-refractivity contribution in [3.8, 4) is 0 Å². The molecule has 0 radical (unpaired) electrons. The Kier molecular flexibility index (Phi) is 2.62. The minimum absolute atomic E-state index is 0.760. The largest absolute Gasteiger partial charge is 0.361 e. The average molecular weight is 235 g/mol. The molecule has 2 N–H and O–H groups in total. The fourth-order valence-electron chi connectivity index (χ4n) is 2.57. The third-order valence-electron chi connectivity index (χ3n) is 3.41. The fraction of sp³-hybridized carbons (Fsp3) is 0.385. The number of rotatable bonds is 2. The van der Waals surface area contributed by atoms with Gasteiger partial charge in [0.15, 0.2) is 0 Å². The van der Waals surface area contributed by atoms with E-state index in [0.29, 0.717) is 0 Å². The Morgan fingerprint density at radius 3 is 3.12 bits per heavy atom. The van der Waals surface area contributed by atoms with Crippen molar-refractivity contribution in [2.45, 2.75) is 12.8 Å². The second kappa shape index (κ2) is 4.11. The molecule has 1 aromatic heterocycles. The maximum Gasteiger partial charge on any atom is 0.0502 e. The Labute approximate surface area is 100.0 Å². The SMILES string of the molecule is Clc1cccc2[nH]cc(CC3CCNC3)c12. The molecule has 2 heterocycles. The maximum absolute atomic E-state index is 6.25. The molecule has 0 saturated carbocycles. The highest BCUT2D eigenvalue weighted by Gasteiger charge is 2.17. The molecule has 3 rings (SSSR count). The molecule has 1 unspecified atom stereocenters. The lowest BCUT2D eigenvalue weighted by atomic mass is 9.98. The first-order chi connectivity index (χ1) is 7.84. The van der Waals surface area contributed by atoms with Crippen LogP contribution in [0.5, 0.6) is 0 Å². The summed E-state index contributed by atoms with van der Waals surface area (Å²) in [5.74, 6) is 0.760. The quantitative estimate of drug-likeness (QED) is 0.822. The molecular weight excluding hydrogens is 220 g/mol. The Bertz CT molecular complexity index is 498. The highest BCUT2D eigenvalue weighted by molar-refractivity contribution is 6.35. The summed E-state index contributed by atoms with van der Waals surface area (Å²) in [7, 11) is 0. The van der Waals surface area contributed by atoms with Crippen LogP contribution in [0, 0.1) is 5.92 Å². The molecule has 0 bridgehead atoms. The van der Waals surface area contributed by atoms with E-state index in [9.17, 15) is 0 Å². The van der Waals surface area contributed by atoms with Gasteiger partial charge in [0.25, 0.3) is 0 Å². The van der Waals surface area contributed by atoms with Crippen LogP contribution in [-0.4, -0.2) is 18.1 Å². The topological polar surface area (TPSA) is 27.8 Å². The van der Waals surface area contributed by atoms with E-state index in [0.717, 1.165) is 36.0 Å². The van der Waals surface area contributed by atoms with E-state index in [-0.39, 0.29) is 0 Å². The van der Waals surface area contributed by atoms with Gasteiger partial charge in [-0.2, -0.15) is 0 Å². The molecule has 1 fully saturated rings. The summed E-state index contributed by atoms with van der Waals surface area (Å²) < 4.78 is 0. The zero-order chi connectivity index (χ0) is 11.0. The monoisotopic (exact) mass is 234 g/mol. The highest BCUT2D eigenvalue weighted by atomic mass is 35.5. The molecule has 1 saturated heterocycles. The first kappa shape index (κ1) is 10.2. The Morgan fingerprint density at radius 1 is 1.38 bits per heavy atom. The molecule has 1 aliphatic heterocycles. The number of hydrogen-bond donors (Lipinski definition) is 2. The zero-order valence-corrected chi connectivity index (χ0v) is 9.85. The molecule has 2 aromatic rings. The maximum atomic E-state index is 6.25. The van der Waals surface area contributed by atoms with Gasteiger partial charge in [0, 0.05) is 17.1 Å². The van der Waals surface area contributed by atoms with Crippen LogP contribution in [0.4, 0.5) is 0 Å². The second-order valence-electron chi connectivity index (χ2n) is 4.54. The predicted molar refractivity (Wildman–Crippen MR) is 68.0 cm³/mol. The predicted octanol–water partition coefficient (Wildman–Crippen LogP) is 2.97. The molecule has 2 nitrogen and oxygen atoms in total. The van der Waals surface area contributed by atoms with Gasteiger partial charge < -0.3 is 10.3 Å². The smallest absolute Gasteiger partial charge is 0.0502 e. The Hall–Kier alpha value is -0.990. The third kappa shape index (κ3) is 1.72. The van der Waals surface area contributed by atoms with Gasteiger partial charge in [0.1, 0.15) is 0 Å². The van der Waals surface area contributed by atoms with Crippen LogP contribution in [0.3, 0.4) is 0 Å². The van der Waals surface area contributed by atoms with E-state index in [2.05, 4.69) is 22.6 Å². The lowest BCUT2D eigenvalue weighted by Gasteiger charge is -2.07. The van der Waals surface area contributed by atoms with Gasteiger partial charge in [-0.3, -0.25) is 0 Å². The fourth-order valence-corrected chi connectivity index (χ4v) is 2.86. The Balaban J connectivity index is 1.97. The molecule has 84 valence electrons. The van der Waals surface area contributed by atoms with E-state index < -0.39 is 0 Å². The van der Waals surface area contributed by atoms with E-state index in [1.807, 2.05) is 12.1 Å². The Morgan fingerprint density at radius 2 is 2.31 bits per heavy atom. The number of fused-ring (bicyclic) bond motifs is 1. The molecule has 0 spiro atoms. The van der Waals surface area contributed by atoms with Crippen molar-refractivity contribution in [3.63, 3.8) is 0 Å². The first-order valence-electron chi connectivity index (χ1n) is 5.80. The van der Waals surface area contributed by atoms with Gasteiger partial charge >= 0.3 is 0 Å². The standard InChI is InChI=1S/C13H15ClN2/c14-11-2-1-3-12-13(11)10(8-16-12)6-9-4-5-15-7-9/h1-3,8-9,15-16H,4-7H2. The van der Waals surface area contributed by atoms with Gasteiger partial charge in [-0.05, 0) is 49.5 Å². The first-order valence-corrected chi connectivity index (χ1v) is 6.17. The van der Waals surface area contributed by atoms with Gasteiger partial charge in [0.2, 0.25) is 0 Å². The van der Waals surface area contributed by atoms with Crippen LogP contribution >= 0.6 is 11.6 Å². The van der Waals surface area contributed by atoms with Gasteiger partial charge in [-0.25, -0.2) is 0 Å². The minimum Gasteiger partial charge on any atom is -0.361 e. The van der Waals surface area contributed by atoms with Crippen LogP contribution in [0.15, 0.2) is 24.4 Å². The lowest BCUT2D eigenvalue weighted by Crippen LogP contribution is -2.10. The van der Waals surface area contributed by atoms with Crippen molar-refractivity contribution < 1.29 is 0 Å². The van der Waals surface area contributed by atoms with E-state index in [4.69, 9.17) is 11.6 Å². The van der Waals surface area contributed by atoms with Crippen molar-refractivity contribution in [2.75, 3.05) is 13.1 Å². The van der Waals surface area contributed by atoms with Crippen LogP contribution in [0.1, 0.15) is 12.0 Å². The molecule has 0 aliphatic carbocycles. The summed E-state index contributed by atoms with van der Waals surface area (Å²) in [6.45, 7) is 2.29. The number of hydrogen-bond acceptors (Lipinski definition) is 1. The van der Waals surface area contributed by atoms with Crippen LogP contribution in [-0.2, 0) is 6.42 Å². The number of halogens is 1. The second-order valence-corrected chi connectivity index (χ2v) is 4.95. The molecular formula is C13H15ClN2. The number of aromatic amines is 1. The summed E-state index contributed by atoms with van der Waals surface area (Å²) >= 11 is 6.25. The number of H-pyrrole nitrogens is 1. The van der Waals surface area contributed by atoms with Gasteiger partial charge in [0.05, 0.1) is 5.02 Å². The van der Waals surface area contributed by atoms with Crippen molar-refractivity contribution in [3.05, 3.63) is 35.0 Å². The number of aromatic nitrogens is 1. The molecule has 1 atom stereocenters. The van der Waals surface area contributed by atoms with Crippen molar-refractivity contribution in [1.29, 1.82) is 0 Å². The molecule has 0 amide bonds. The average Bonchev–Trinajstić information content (AvgIpc) is 2.90. The summed E-state index contributed by atoms with van der Waals surface area (Å²) in [5.41, 5.74) is 2.50.